The van der Waals surface area contributed by atoms with Gasteiger partial charge in [-0.05, 0) is 31.2 Å². The molecule has 0 saturated carbocycles. The van der Waals surface area contributed by atoms with Crippen molar-refractivity contribution in [3.8, 4) is 11.5 Å². The fraction of sp³-hybridized carbons (Fsp3) is 0.188. The van der Waals surface area contributed by atoms with Gasteiger partial charge in [0.1, 0.15) is 19.0 Å². The van der Waals surface area contributed by atoms with Gasteiger partial charge in [-0.25, -0.2) is 8.78 Å². The van der Waals surface area contributed by atoms with Gasteiger partial charge in [0.05, 0.1) is 5.56 Å². The Kier molecular flexibility index (Phi) is 4.87. The van der Waals surface area contributed by atoms with Gasteiger partial charge >= 0.3 is 0 Å². The van der Waals surface area contributed by atoms with Crippen LogP contribution >= 0.6 is 0 Å². The first-order valence-corrected chi connectivity index (χ1v) is 6.39. The van der Waals surface area contributed by atoms with Crippen molar-refractivity contribution in [2.24, 2.45) is 0 Å². The second-order valence-corrected chi connectivity index (χ2v) is 4.30. The Morgan fingerprint density at radius 1 is 0.952 bits per heavy atom. The Balaban J connectivity index is 1.92. The smallest absolute Gasteiger partial charge is 0.190 e. The standard InChI is InChI=1S/C16H14F2O3/c1-11(19)12-5-2-3-8-15(12)20-9-10-21-16-13(17)6-4-7-14(16)18/h2-8H,9-10H2,1H3. The van der Waals surface area contributed by atoms with Crippen molar-refractivity contribution in [2.45, 2.75) is 6.92 Å². The molecule has 21 heavy (non-hydrogen) atoms. The van der Waals surface area contributed by atoms with E-state index in [-0.39, 0.29) is 19.0 Å². The highest BCUT2D eigenvalue weighted by Gasteiger charge is 2.10. The van der Waals surface area contributed by atoms with Crippen LogP contribution in [0.3, 0.4) is 0 Å². The quantitative estimate of drug-likeness (QED) is 0.602. The zero-order chi connectivity index (χ0) is 15.2. The summed E-state index contributed by atoms with van der Waals surface area (Å²) >= 11 is 0. The molecular formula is C16H14F2O3. The third kappa shape index (κ3) is 3.78. The molecule has 2 rings (SSSR count). The molecule has 0 aliphatic rings. The average Bonchev–Trinajstić information content (AvgIpc) is 2.46. The zero-order valence-electron chi connectivity index (χ0n) is 11.4. The number of halogens is 2. The SMILES string of the molecule is CC(=O)c1ccccc1OCCOc1c(F)cccc1F. The van der Waals surface area contributed by atoms with Crippen LogP contribution in [0.1, 0.15) is 17.3 Å². The lowest BCUT2D eigenvalue weighted by Gasteiger charge is -2.11. The molecule has 0 aliphatic carbocycles. The highest BCUT2D eigenvalue weighted by molar-refractivity contribution is 5.96. The lowest BCUT2D eigenvalue weighted by molar-refractivity contribution is 0.101. The third-order valence-electron chi connectivity index (χ3n) is 2.77. The van der Waals surface area contributed by atoms with Crippen LogP contribution in [0.4, 0.5) is 8.78 Å². The minimum atomic E-state index is -0.765. The van der Waals surface area contributed by atoms with E-state index in [1.807, 2.05) is 0 Å². The van der Waals surface area contributed by atoms with E-state index >= 15 is 0 Å². The monoisotopic (exact) mass is 292 g/mol. The largest absolute Gasteiger partial charge is 0.489 e. The van der Waals surface area contributed by atoms with Crippen molar-refractivity contribution in [1.29, 1.82) is 0 Å². The van der Waals surface area contributed by atoms with Gasteiger partial charge in [0, 0.05) is 0 Å². The van der Waals surface area contributed by atoms with Crippen LogP contribution in [0.2, 0.25) is 0 Å². The molecule has 0 amide bonds. The predicted octanol–water partition coefficient (Wildman–Crippen LogP) is 3.63. The van der Waals surface area contributed by atoms with Gasteiger partial charge in [0.15, 0.2) is 23.2 Å². The van der Waals surface area contributed by atoms with Crippen LogP contribution in [-0.2, 0) is 0 Å². The molecule has 0 unspecified atom stereocenters. The van der Waals surface area contributed by atoms with E-state index in [9.17, 15) is 13.6 Å². The molecule has 0 saturated heterocycles. The molecular weight excluding hydrogens is 278 g/mol. The topological polar surface area (TPSA) is 35.5 Å². The number of carbonyl (C=O) groups excluding carboxylic acids is 1. The summed E-state index contributed by atoms with van der Waals surface area (Å²) in [6.07, 6.45) is 0. The minimum Gasteiger partial charge on any atom is -0.489 e. The third-order valence-corrected chi connectivity index (χ3v) is 2.77. The lowest BCUT2D eigenvalue weighted by Crippen LogP contribution is -2.12. The zero-order valence-corrected chi connectivity index (χ0v) is 11.4. The summed E-state index contributed by atoms with van der Waals surface area (Å²) in [5, 5.41) is 0. The molecule has 5 heteroatoms. The van der Waals surface area contributed by atoms with Crippen molar-refractivity contribution < 1.29 is 23.0 Å². The highest BCUT2D eigenvalue weighted by Crippen LogP contribution is 2.21. The van der Waals surface area contributed by atoms with E-state index < -0.39 is 17.4 Å². The second kappa shape index (κ2) is 6.83. The first kappa shape index (κ1) is 15.0. The fourth-order valence-electron chi connectivity index (χ4n) is 1.80. The number of ether oxygens (including phenoxy) is 2. The summed E-state index contributed by atoms with van der Waals surface area (Å²) < 4.78 is 37.1. The molecule has 0 bridgehead atoms. The molecule has 0 radical (unpaired) electrons. The number of hydrogen-bond donors (Lipinski definition) is 0. The molecule has 0 fully saturated rings. The van der Waals surface area contributed by atoms with Crippen molar-refractivity contribution in [2.75, 3.05) is 13.2 Å². The summed E-state index contributed by atoms with van der Waals surface area (Å²) in [5.74, 6) is -1.66. The fourth-order valence-corrected chi connectivity index (χ4v) is 1.80. The van der Waals surface area contributed by atoms with Gasteiger partial charge in [-0.3, -0.25) is 4.79 Å². The maximum Gasteiger partial charge on any atom is 0.190 e. The van der Waals surface area contributed by atoms with Gasteiger partial charge in [0.25, 0.3) is 0 Å². The van der Waals surface area contributed by atoms with E-state index in [0.717, 1.165) is 12.1 Å². The molecule has 0 heterocycles. The first-order valence-electron chi connectivity index (χ1n) is 6.39. The molecule has 0 atom stereocenters. The Morgan fingerprint density at radius 3 is 2.24 bits per heavy atom. The maximum atomic E-state index is 13.3. The summed E-state index contributed by atoms with van der Waals surface area (Å²) in [4.78, 5) is 11.4. The van der Waals surface area contributed by atoms with E-state index in [4.69, 9.17) is 9.47 Å². The van der Waals surface area contributed by atoms with Gasteiger partial charge in [0.2, 0.25) is 0 Å². The van der Waals surface area contributed by atoms with Gasteiger partial charge < -0.3 is 9.47 Å². The normalized spacial score (nSPS) is 10.2. The molecule has 3 nitrogen and oxygen atoms in total. The Morgan fingerprint density at radius 2 is 1.57 bits per heavy atom. The lowest BCUT2D eigenvalue weighted by atomic mass is 10.1. The van der Waals surface area contributed by atoms with E-state index in [1.165, 1.54) is 13.0 Å². The minimum absolute atomic E-state index is 0.0376. The van der Waals surface area contributed by atoms with Crippen LogP contribution < -0.4 is 9.47 Å². The van der Waals surface area contributed by atoms with E-state index in [2.05, 4.69) is 0 Å². The molecule has 0 spiro atoms. The van der Waals surface area contributed by atoms with Crippen molar-refractivity contribution in [3.63, 3.8) is 0 Å². The number of benzene rings is 2. The van der Waals surface area contributed by atoms with Crippen molar-refractivity contribution >= 4 is 5.78 Å². The van der Waals surface area contributed by atoms with Crippen molar-refractivity contribution in [1.82, 2.24) is 0 Å². The van der Waals surface area contributed by atoms with Gasteiger partial charge in [-0.2, -0.15) is 0 Å². The summed E-state index contributed by atoms with van der Waals surface area (Å²) in [6, 6.07) is 10.3. The molecule has 2 aromatic carbocycles. The van der Waals surface area contributed by atoms with Crippen LogP contribution in [0.5, 0.6) is 11.5 Å². The van der Waals surface area contributed by atoms with Gasteiger partial charge in [-0.1, -0.05) is 18.2 Å². The number of ketones is 1. The summed E-state index contributed by atoms with van der Waals surface area (Å²) in [6.45, 7) is 1.47. The molecule has 0 N–H and O–H groups in total. The number of carbonyl (C=O) groups is 1. The number of rotatable bonds is 6. The van der Waals surface area contributed by atoms with E-state index in [0.29, 0.717) is 11.3 Å². The van der Waals surface area contributed by atoms with E-state index in [1.54, 1.807) is 24.3 Å². The molecule has 0 aliphatic heterocycles. The van der Waals surface area contributed by atoms with Crippen molar-refractivity contribution in [3.05, 3.63) is 59.7 Å². The number of para-hydroxylation sites is 2. The maximum absolute atomic E-state index is 13.3. The second-order valence-electron chi connectivity index (χ2n) is 4.30. The molecule has 2 aromatic rings. The number of Topliss-reactive ketones (excluding diaryl/α,β-unsaturated/α-hetero) is 1. The van der Waals surface area contributed by atoms with Crippen LogP contribution in [0.25, 0.3) is 0 Å². The molecule has 0 aromatic heterocycles. The summed E-state index contributed by atoms with van der Waals surface area (Å²) in [7, 11) is 0. The predicted molar refractivity (Wildman–Crippen MR) is 73.8 cm³/mol. The highest BCUT2D eigenvalue weighted by atomic mass is 19.1. The van der Waals surface area contributed by atoms with Crippen LogP contribution in [0, 0.1) is 11.6 Å². The van der Waals surface area contributed by atoms with Gasteiger partial charge in [-0.15, -0.1) is 0 Å². The summed E-state index contributed by atoms with van der Waals surface area (Å²) in [5.41, 5.74) is 0.453. The van der Waals surface area contributed by atoms with Crippen LogP contribution in [-0.4, -0.2) is 19.0 Å². The number of hydrogen-bond acceptors (Lipinski definition) is 3. The van der Waals surface area contributed by atoms with Crippen LogP contribution in [0.15, 0.2) is 42.5 Å². The Hall–Kier alpha value is -2.43. The molecule has 110 valence electrons. The Bertz CT molecular complexity index is 621. The average molecular weight is 292 g/mol. The Labute approximate surface area is 121 Å². The first-order chi connectivity index (χ1) is 10.1.